The van der Waals surface area contributed by atoms with Gasteiger partial charge in [-0.1, -0.05) is 23.8 Å². The van der Waals surface area contributed by atoms with Crippen LogP contribution in [0.2, 0.25) is 0 Å². The number of anilines is 2. The summed E-state index contributed by atoms with van der Waals surface area (Å²) in [5, 5.41) is 0. The second-order valence-electron chi connectivity index (χ2n) is 8.14. The SMILES string of the molecule is COCCCOc1cccc(OCCCOC)c1N1[C]N(c2c(C)cc(C)cc2C)CC1. The van der Waals surface area contributed by atoms with Gasteiger partial charge in [-0.25, -0.2) is 0 Å². The Balaban J connectivity index is 1.82. The lowest BCUT2D eigenvalue weighted by molar-refractivity contribution is 0.170. The van der Waals surface area contributed by atoms with Crippen LogP contribution < -0.4 is 19.3 Å². The highest BCUT2D eigenvalue weighted by Gasteiger charge is 2.29. The molecule has 1 aliphatic rings. The molecule has 0 spiro atoms. The Hall–Kier alpha value is -2.44. The summed E-state index contributed by atoms with van der Waals surface area (Å²) in [4.78, 5) is 4.33. The molecule has 6 nitrogen and oxygen atoms in total. The number of methoxy groups -OCH3 is 2. The number of nitrogens with zero attached hydrogens (tertiary/aromatic N) is 2. The Bertz CT molecular complexity index is 818. The first kappa shape index (κ1) is 24.2. The van der Waals surface area contributed by atoms with Crippen molar-refractivity contribution in [2.75, 3.05) is 63.5 Å². The molecular formula is C26H36N2O4. The fraction of sp³-hybridized carbons (Fsp3) is 0.500. The van der Waals surface area contributed by atoms with Gasteiger partial charge in [-0.3, -0.25) is 0 Å². The van der Waals surface area contributed by atoms with Crippen molar-refractivity contribution in [3.8, 4) is 11.5 Å². The average Bonchev–Trinajstić information content (AvgIpc) is 3.23. The summed E-state index contributed by atoms with van der Waals surface area (Å²) >= 11 is 0. The first-order valence-corrected chi connectivity index (χ1v) is 11.3. The maximum absolute atomic E-state index is 6.14. The van der Waals surface area contributed by atoms with E-state index in [0.717, 1.165) is 43.1 Å². The summed E-state index contributed by atoms with van der Waals surface area (Å²) in [5.74, 6) is 1.61. The van der Waals surface area contributed by atoms with Gasteiger partial charge in [0, 0.05) is 59.1 Å². The highest BCUT2D eigenvalue weighted by molar-refractivity contribution is 5.72. The Labute approximate surface area is 193 Å². The van der Waals surface area contributed by atoms with Crippen LogP contribution in [0.5, 0.6) is 11.5 Å². The van der Waals surface area contributed by atoms with E-state index in [-0.39, 0.29) is 0 Å². The number of aryl methyl sites for hydroxylation is 3. The van der Waals surface area contributed by atoms with Crippen molar-refractivity contribution in [3.05, 3.63) is 53.7 Å². The second-order valence-corrected chi connectivity index (χ2v) is 8.14. The van der Waals surface area contributed by atoms with E-state index in [4.69, 9.17) is 18.9 Å². The topological polar surface area (TPSA) is 43.4 Å². The molecule has 0 unspecified atom stereocenters. The third-order valence-electron chi connectivity index (χ3n) is 5.43. The molecule has 1 fully saturated rings. The van der Waals surface area contributed by atoms with Gasteiger partial charge in [-0.2, -0.15) is 0 Å². The van der Waals surface area contributed by atoms with E-state index in [1.54, 1.807) is 14.2 Å². The van der Waals surface area contributed by atoms with E-state index in [2.05, 4.69) is 49.4 Å². The smallest absolute Gasteiger partial charge is 0.209 e. The Morgan fingerprint density at radius 3 is 1.75 bits per heavy atom. The summed E-state index contributed by atoms with van der Waals surface area (Å²) in [6.07, 6.45) is 1.66. The molecule has 1 heterocycles. The maximum atomic E-state index is 6.14. The van der Waals surface area contributed by atoms with Crippen molar-refractivity contribution in [1.29, 1.82) is 0 Å². The lowest BCUT2D eigenvalue weighted by Gasteiger charge is -2.25. The van der Waals surface area contributed by atoms with Crippen molar-refractivity contribution in [1.82, 2.24) is 0 Å². The zero-order chi connectivity index (χ0) is 22.9. The quantitative estimate of drug-likeness (QED) is 0.443. The van der Waals surface area contributed by atoms with E-state index in [9.17, 15) is 0 Å². The van der Waals surface area contributed by atoms with Crippen LogP contribution in [-0.2, 0) is 9.47 Å². The van der Waals surface area contributed by atoms with E-state index in [1.165, 1.54) is 22.4 Å². The maximum Gasteiger partial charge on any atom is 0.209 e. The third kappa shape index (κ3) is 6.08. The second kappa shape index (κ2) is 12.0. The molecule has 0 N–H and O–H groups in total. The van der Waals surface area contributed by atoms with Crippen LogP contribution in [0, 0.1) is 27.4 Å². The van der Waals surface area contributed by atoms with Gasteiger partial charge in [-0.05, 0) is 44.0 Å². The van der Waals surface area contributed by atoms with Crippen LogP contribution in [0.15, 0.2) is 30.3 Å². The minimum Gasteiger partial charge on any atom is -0.491 e. The van der Waals surface area contributed by atoms with Crippen molar-refractivity contribution in [2.24, 2.45) is 0 Å². The Morgan fingerprint density at radius 1 is 0.750 bits per heavy atom. The molecule has 2 radical (unpaired) electrons. The predicted octanol–water partition coefficient (Wildman–Crippen LogP) is 4.77. The fourth-order valence-corrected chi connectivity index (χ4v) is 4.14. The minimum atomic E-state index is 0.585. The highest BCUT2D eigenvalue weighted by Crippen LogP contribution is 2.41. The van der Waals surface area contributed by atoms with E-state index in [1.807, 2.05) is 18.2 Å². The van der Waals surface area contributed by atoms with E-state index in [0.29, 0.717) is 26.4 Å². The summed E-state index contributed by atoms with van der Waals surface area (Å²) in [6.45, 7) is 14.2. The summed E-state index contributed by atoms with van der Waals surface area (Å²) in [7, 11) is 3.41. The molecule has 2 aromatic rings. The molecule has 0 bridgehead atoms. The number of hydrogen-bond donors (Lipinski definition) is 0. The molecule has 0 aliphatic carbocycles. The van der Waals surface area contributed by atoms with Crippen LogP contribution in [0.1, 0.15) is 29.5 Å². The Kier molecular flexibility index (Phi) is 9.06. The largest absolute Gasteiger partial charge is 0.491 e. The van der Waals surface area contributed by atoms with Crippen LogP contribution >= 0.6 is 0 Å². The highest BCUT2D eigenvalue weighted by atomic mass is 16.5. The lowest BCUT2D eigenvalue weighted by Crippen LogP contribution is -2.21. The van der Waals surface area contributed by atoms with E-state index >= 15 is 0 Å². The molecule has 0 saturated carbocycles. The molecule has 2 aromatic carbocycles. The number of benzene rings is 2. The molecule has 32 heavy (non-hydrogen) atoms. The number of rotatable bonds is 12. The van der Waals surface area contributed by atoms with Gasteiger partial charge in [0.2, 0.25) is 6.67 Å². The molecular weight excluding hydrogens is 404 g/mol. The average molecular weight is 441 g/mol. The van der Waals surface area contributed by atoms with Crippen LogP contribution in [0.3, 0.4) is 0 Å². The van der Waals surface area contributed by atoms with Crippen molar-refractivity contribution < 1.29 is 18.9 Å². The molecule has 174 valence electrons. The minimum absolute atomic E-state index is 0.585. The van der Waals surface area contributed by atoms with Gasteiger partial charge < -0.3 is 28.7 Å². The van der Waals surface area contributed by atoms with Crippen LogP contribution in [0.4, 0.5) is 11.4 Å². The standard InChI is InChI=1S/C26H36N2O4/c1-20-17-21(2)25(22(3)18-20)27-11-12-28(19-27)26-23(31-15-7-13-29-4)9-6-10-24(26)32-16-8-14-30-5/h6,9-10,17-18H,7-8,11-16H2,1-5H3. The monoisotopic (exact) mass is 440 g/mol. The van der Waals surface area contributed by atoms with Gasteiger partial charge in [0.25, 0.3) is 0 Å². The number of ether oxygens (including phenoxy) is 4. The van der Waals surface area contributed by atoms with Crippen LogP contribution in [-0.4, -0.2) is 53.7 Å². The summed E-state index contributed by atoms with van der Waals surface area (Å²) < 4.78 is 22.6. The zero-order valence-electron chi connectivity index (χ0n) is 20.1. The molecule has 0 aromatic heterocycles. The molecule has 0 amide bonds. The van der Waals surface area contributed by atoms with Crippen LogP contribution in [0.25, 0.3) is 0 Å². The first-order chi connectivity index (χ1) is 15.5. The van der Waals surface area contributed by atoms with Crippen molar-refractivity contribution in [2.45, 2.75) is 33.6 Å². The third-order valence-corrected chi connectivity index (χ3v) is 5.43. The molecule has 1 aliphatic heterocycles. The fourth-order valence-electron chi connectivity index (χ4n) is 4.14. The van der Waals surface area contributed by atoms with Gasteiger partial charge in [0.1, 0.15) is 17.2 Å². The van der Waals surface area contributed by atoms with Crippen molar-refractivity contribution in [3.63, 3.8) is 0 Å². The van der Waals surface area contributed by atoms with Gasteiger partial charge >= 0.3 is 0 Å². The zero-order valence-corrected chi connectivity index (χ0v) is 20.1. The normalized spacial score (nSPS) is 13.7. The van der Waals surface area contributed by atoms with Crippen molar-refractivity contribution >= 4 is 11.4 Å². The molecule has 3 rings (SSSR count). The molecule has 6 heteroatoms. The van der Waals surface area contributed by atoms with E-state index < -0.39 is 0 Å². The van der Waals surface area contributed by atoms with Gasteiger partial charge in [0.15, 0.2) is 0 Å². The van der Waals surface area contributed by atoms with Gasteiger partial charge in [0.05, 0.1) is 13.2 Å². The van der Waals surface area contributed by atoms with Gasteiger partial charge in [-0.15, -0.1) is 0 Å². The first-order valence-electron chi connectivity index (χ1n) is 11.3. The summed E-state index contributed by atoms with van der Waals surface area (Å²) in [6, 6.07) is 10.4. The summed E-state index contributed by atoms with van der Waals surface area (Å²) in [5.41, 5.74) is 5.95. The lowest BCUT2D eigenvalue weighted by atomic mass is 10.0. The Morgan fingerprint density at radius 2 is 1.25 bits per heavy atom. The number of para-hydroxylation sites is 1. The molecule has 0 atom stereocenters. The molecule has 1 saturated heterocycles. The number of hydrogen-bond acceptors (Lipinski definition) is 6. The predicted molar refractivity (Wildman–Crippen MR) is 129 cm³/mol.